The zero-order valence-electron chi connectivity index (χ0n) is 15.3. The van der Waals surface area contributed by atoms with E-state index in [9.17, 15) is 4.79 Å². The van der Waals surface area contributed by atoms with Gasteiger partial charge in [-0.15, -0.1) is 0 Å². The standard InChI is InChI=1S/C21H23N3O2/c1-21(2,3)18-14-19(23-22-18)24(15-16-10-6-4-7-11-16)20(25)26-17-12-8-5-9-13-17/h4-14H,15H2,1-3H3,(H,22,23). The van der Waals surface area contributed by atoms with Gasteiger partial charge in [0.25, 0.3) is 0 Å². The van der Waals surface area contributed by atoms with E-state index in [-0.39, 0.29) is 5.41 Å². The zero-order valence-corrected chi connectivity index (χ0v) is 15.3. The Bertz CT molecular complexity index is 852. The van der Waals surface area contributed by atoms with Crippen LogP contribution in [0.1, 0.15) is 32.0 Å². The molecule has 0 aliphatic rings. The van der Waals surface area contributed by atoms with Crippen LogP contribution in [-0.2, 0) is 12.0 Å². The monoisotopic (exact) mass is 349 g/mol. The number of aromatic amines is 1. The van der Waals surface area contributed by atoms with Crippen LogP contribution >= 0.6 is 0 Å². The van der Waals surface area contributed by atoms with Gasteiger partial charge in [-0.1, -0.05) is 69.3 Å². The fraction of sp³-hybridized carbons (Fsp3) is 0.238. The van der Waals surface area contributed by atoms with Gasteiger partial charge in [-0.05, 0) is 17.7 Å². The van der Waals surface area contributed by atoms with Crippen molar-refractivity contribution >= 4 is 11.9 Å². The number of ether oxygens (including phenoxy) is 1. The maximum atomic E-state index is 12.8. The zero-order chi connectivity index (χ0) is 18.6. The summed E-state index contributed by atoms with van der Waals surface area (Å²) in [5.41, 5.74) is 1.86. The van der Waals surface area contributed by atoms with Gasteiger partial charge in [-0.3, -0.25) is 10.00 Å². The third-order valence-corrected chi connectivity index (χ3v) is 4.00. The highest BCUT2D eigenvalue weighted by molar-refractivity contribution is 5.88. The molecular formula is C21H23N3O2. The van der Waals surface area contributed by atoms with Crippen LogP contribution in [0.5, 0.6) is 5.75 Å². The second-order valence-corrected chi connectivity index (χ2v) is 7.14. The quantitative estimate of drug-likeness (QED) is 0.728. The lowest BCUT2D eigenvalue weighted by molar-refractivity contribution is 0.207. The Morgan fingerprint density at radius 1 is 1.04 bits per heavy atom. The second-order valence-electron chi connectivity index (χ2n) is 7.14. The van der Waals surface area contributed by atoms with Crippen LogP contribution in [0.2, 0.25) is 0 Å². The predicted molar refractivity (Wildman–Crippen MR) is 102 cm³/mol. The van der Waals surface area contributed by atoms with Crippen molar-refractivity contribution in [3.63, 3.8) is 0 Å². The van der Waals surface area contributed by atoms with E-state index in [1.165, 1.54) is 4.90 Å². The van der Waals surface area contributed by atoms with Crippen LogP contribution in [0.25, 0.3) is 0 Å². The van der Waals surface area contributed by atoms with Crippen molar-refractivity contribution in [3.8, 4) is 5.75 Å². The number of carbonyl (C=O) groups is 1. The Morgan fingerprint density at radius 3 is 2.23 bits per heavy atom. The Kier molecular flexibility index (Phi) is 5.07. The number of nitrogens with one attached hydrogen (secondary N) is 1. The molecule has 0 atom stereocenters. The van der Waals surface area contributed by atoms with Crippen molar-refractivity contribution in [2.75, 3.05) is 4.90 Å². The summed E-state index contributed by atoms with van der Waals surface area (Å²) in [5.74, 6) is 1.04. The average Bonchev–Trinajstić information content (AvgIpc) is 3.11. The molecule has 0 radical (unpaired) electrons. The highest BCUT2D eigenvalue weighted by Gasteiger charge is 2.24. The van der Waals surface area contributed by atoms with Crippen LogP contribution in [0.15, 0.2) is 66.7 Å². The predicted octanol–water partition coefficient (Wildman–Crippen LogP) is 4.91. The van der Waals surface area contributed by atoms with Crippen LogP contribution < -0.4 is 9.64 Å². The van der Waals surface area contributed by atoms with E-state index in [1.54, 1.807) is 12.1 Å². The number of aromatic nitrogens is 2. The molecule has 0 fully saturated rings. The van der Waals surface area contributed by atoms with Gasteiger partial charge in [-0.25, -0.2) is 4.79 Å². The second kappa shape index (κ2) is 7.44. The number of carbonyl (C=O) groups excluding carboxylic acids is 1. The van der Waals surface area contributed by atoms with Gasteiger partial charge in [0.1, 0.15) is 5.75 Å². The third-order valence-electron chi connectivity index (χ3n) is 4.00. The van der Waals surface area contributed by atoms with E-state index in [4.69, 9.17) is 4.74 Å². The maximum absolute atomic E-state index is 12.8. The first-order chi connectivity index (χ1) is 12.4. The number of anilines is 1. The molecule has 5 nitrogen and oxygen atoms in total. The third kappa shape index (κ3) is 4.30. The Hall–Kier alpha value is -3.08. The fourth-order valence-corrected chi connectivity index (χ4v) is 2.48. The Labute approximate surface area is 153 Å². The van der Waals surface area contributed by atoms with Gasteiger partial charge in [0.15, 0.2) is 5.82 Å². The minimum absolute atomic E-state index is 0.0903. The minimum Gasteiger partial charge on any atom is -0.410 e. The molecule has 134 valence electrons. The Balaban J connectivity index is 1.88. The molecule has 0 spiro atoms. The molecule has 3 rings (SSSR count). The van der Waals surface area contributed by atoms with Gasteiger partial charge in [0.2, 0.25) is 0 Å². The van der Waals surface area contributed by atoms with Gasteiger partial charge in [-0.2, -0.15) is 5.10 Å². The molecular weight excluding hydrogens is 326 g/mol. The molecule has 26 heavy (non-hydrogen) atoms. The molecule has 0 saturated carbocycles. The van der Waals surface area contributed by atoms with E-state index in [1.807, 2.05) is 54.6 Å². The molecule has 2 aromatic carbocycles. The van der Waals surface area contributed by atoms with Crippen LogP contribution in [0.4, 0.5) is 10.6 Å². The normalized spacial score (nSPS) is 11.2. The number of nitrogens with zero attached hydrogens (tertiary/aromatic N) is 2. The number of amides is 1. The first-order valence-electron chi connectivity index (χ1n) is 8.58. The fourth-order valence-electron chi connectivity index (χ4n) is 2.48. The van der Waals surface area contributed by atoms with Gasteiger partial charge in [0.05, 0.1) is 6.54 Å². The SMILES string of the molecule is CC(C)(C)c1cc(N(Cc2ccccc2)C(=O)Oc2ccccc2)n[nH]1. The van der Waals surface area contributed by atoms with Crippen molar-refractivity contribution in [1.29, 1.82) is 0 Å². The van der Waals surface area contributed by atoms with E-state index in [0.717, 1.165) is 11.3 Å². The molecule has 0 unspecified atom stereocenters. The molecule has 1 amide bonds. The number of hydrogen-bond acceptors (Lipinski definition) is 3. The number of H-pyrrole nitrogens is 1. The molecule has 3 aromatic rings. The summed E-state index contributed by atoms with van der Waals surface area (Å²) < 4.78 is 5.53. The molecule has 0 bridgehead atoms. The van der Waals surface area contributed by atoms with E-state index >= 15 is 0 Å². The number of hydrogen-bond donors (Lipinski definition) is 1. The summed E-state index contributed by atoms with van der Waals surface area (Å²) in [7, 11) is 0. The first kappa shape index (κ1) is 17.7. The summed E-state index contributed by atoms with van der Waals surface area (Å²) >= 11 is 0. The number of benzene rings is 2. The number of rotatable bonds is 4. The minimum atomic E-state index is -0.466. The summed E-state index contributed by atoms with van der Waals surface area (Å²) in [5, 5.41) is 7.37. The van der Waals surface area contributed by atoms with Crippen LogP contribution in [0.3, 0.4) is 0 Å². The lowest BCUT2D eigenvalue weighted by Crippen LogP contribution is -2.33. The van der Waals surface area contributed by atoms with E-state index < -0.39 is 6.09 Å². The molecule has 0 saturated heterocycles. The van der Waals surface area contributed by atoms with Crippen molar-refractivity contribution in [1.82, 2.24) is 10.2 Å². The molecule has 1 aromatic heterocycles. The van der Waals surface area contributed by atoms with Crippen LogP contribution in [-0.4, -0.2) is 16.3 Å². The lowest BCUT2D eigenvalue weighted by atomic mass is 9.92. The first-order valence-corrected chi connectivity index (χ1v) is 8.58. The molecule has 5 heteroatoms. The molecule has 1 N–H and O–H groups in total. The molecule has 1 heterocycles. The summed E-state index contributed by atoms with van der Waals surface area (Å²) in [6.45, 7) is 6.65. The van der Waals surface area contributed by atoms with Gasteiger partial charge >= 0.3 is 6.09 Å². The smallest absolute Gasteiger partial charge is 0.410 e. The van der Waals surface area contributed by atoms with Gasteiger partial charge in [0, 0.05) is 17.2 Å². The molecule has 0 aliphatic heterocycles. The number of para-hydroxylation sites is 1. The van der Waals surface area contributed by atoms with Crippen molar-refractivity contribution in [2.45, 2.75) is 32.7 Å². The summed E-state index contributed by atoms with van der Waals surface area (Å²) in [6.07, 6.45) is -0.466. The van der Waals surface area contributed by atoms with Crippen molar-refractivity contribution in [2.24, 2.45) is 0 Å². The van der Waals surface area contributed by atoms with Crippen molar-refractivity contribution < 1.29 is 9.53 Å². The topological polar surface area (TPSA) is 58.2 Å². The summed E-state index contributed by atoms with van der Waals surface area (Å²) in [6, 6.07) is 20.7. The largest absolute Gasteiger partial charge is 0.421 e. The highest BCUT2D eigenvalue weighted by atomic mass is 16.6. The average molecular weight is 349 g/mol. The lowest BCUT2D eigenvalue weighted by Gasteiger charge is -2.20. The summed E-state index contributed by atoms with van der Waals surface area (Å²) in [4.78, 5) is 14.4. The van der Waals surface area contributed by atoms with Gasteiger partial charge < -0.3 is 4.74 Å². The van der Waals surface area contributed by atoms with E-state index in [0.29, 0.717) is 18.1 Å². The maximum Gasteiger partial charge on any atom is 0.421 e. The van der Waals surface area contributed by atoms with Crippen molar-refractivity contribution in [3.05, 3.63) is 78.0 Å². The molecule has 0 aliphatic carbocycles. The van der Waals surface area contributed by atoms with Crippen LogP contribution in [0, 0.1) is 0 Å². The van der Waals surface area contributed by atoms with E-state index in [2.05, 4.69) is 31.0 Å². The Morgan fingerprint density at radius 2 is 1.65 bits per heavy atom. The highest BCUT2D eigenvalue weighted by Crippen LogP contribution is 2.25.